The molecule has 1 unspecified atom stereocenters. The van der Waals surface area contributed by atoms with Gasteiger partial charge in [-0.05, 0) is 24.0 Å². The van der Waals surface area contributed by atoms with Gasteiger partial charge in [-0.2, -0.15) is 0 Å². The maximum Gasteiger partial charge on any atom is 0.191 e. The Hall–Kier alpha value is -1.67. The standard InChI is InChI=1S/C21H34N4O3/c1-22-21(23-7-3-10-28-20-6-11-27-17-20)24-15-18-4-2-5-19(14-18)16-25-8-12-26-13-9-25/h2,4-5,14,20H,3,6-13,15-17H2,1H3,(H2,22,23,24). The van der Waals surface area contributed by atoms with E-state index < -0.39 is 0 Å². The van der Waals surface area contributed by atoms with Gasteiger partial charge in [-0.25, -0.2) is 0 Å². The van der Waals surface area contributed by atoms with Gasteiger partial charge in [0.05, 0.1) is 25.9 Å². The van der Waals surface area contributed by atoms with Crippen molar-refractivity contribution in [2.45, 2.75) is 32.0 Å². The Labute approximate surface area is 168 Å². The minimum absolute atomic E-state index is 0.280. The molecule has 2 N–H and O–H groups in total. The van der Waals surface area contributed by atoms with E-state index in [1.165, 1.54) is 11.1 Å². The predicted octanol–water partition coefficient (Wildman–Crippen LogP) is 1.38. The summed E-state index contributed by atoms with van der Waals surface area (Å²) >= 11 is 0. The van der Waals surface area contributed by atoms with Crippen LogP contribution in [0.3, 0.4) is 0 Å². The molecule has 1 aromatic carbocycles. The van der Waals surface area contributed by atoms with Crippen LogP contribution in [0.4, 0.5) is 0 Å². The highest BCUT2D eigenvalue weighted by Gasteiger charge is 2.15. The van der Waals surface area contributed by atoms with E-state index in [0.717, 1.165) is 84.6 Å². The first-order valence-electron chi connectivity index (χ1n) is 10.4. The van der Waals surface area contributed by atoms with Gasteiger partial charge in [0.25, 0.3) is 0 Å². The van der Waals surface area contributed by atoms with Crippen molar-refractivity contribution in [3.63, 3.8) is 0 Å². The molecule has 1 aromatic rings. The summed E-state index contributed by atoms with van der Waals surface area (Å²) in [4.78, 5) is 6.75. The second kappa shape index (κ2) is 12.0. The SMILES string of the molecule is CN=C(NCCCOC1CCOC1)NCc1cccc(CN2CCOCC2)c1. The molecule has 1 atom stereocenters. The molecule has 156 valence electrons. The molecule has 2 saturated heterocycles. The molecule has 2 heterocycles. The molecule has 0 saturated carbocycles. The number of benzene rings is 1. The van der Waals surface area contributed by atoms with Gasteiger partial charge in [0.1, 0.15) is 0 Å². The molecule has 2 aliphatic heterocycles. The predicted molar refractivity (Wildman–Crippen MR) is 111 cm³/mol. The fraction of sp³-hybridized carbons (Fsp3) is 0.667. The average Bonchev–Trinajstić information content (AvgIpc) is 3.25. The second-order valence-corrected chi connectivity index (χ2v) is 7.27. The zero-order valence-corrected chi connectivity index (χ0v) is 17.0. The lowest BCUT2D eigenvalue weighted by Crippen LogP contribution is -2.37. The lowest BCUT2D eigenvalue weighted by molar-refractivity contribution is 0.0342. The third kappa shape index (κ3) is 7.39. The highest BCUT2D eigenvalue weighted by atomic mass is 16.5. The third-order valence-corrected chi connectivity index (χ3v) is 5.04. The first-order chi connectivity index (χ1) is 13.8. The van der Waals surface area contributed by atoms with Crippen LogP contribution < -0.4 is 10.6 Å². The number of aliphatic imine (C=N–C) groups is 1. The highest BCUT2D eigenvalue weighted by molar-refractivity contribution is 5.79. The van der Waals surface area contributed by atoms with E-state index in [4.69, 9.17) is 14.2 Å². The Balaban J connectivity index is 1.34. The zero-order valence-electron chi connectivity index (χ0n) is 17.0. The first-order valence-corrected chi connectivity index (χ1v) is 10.4. The van der Waals surface area contributed by atoms with Crippen molar-refractivity contribution in [1.82, 2.24) is 15.5 Å². The zero-order chi connectivity index (χ0) is 19.4. The smallest absolute Gasteiger partial charge is 0.191 e. The number of ether oxygens (including phenoxy) is 3. The Bertz CT molecular complexity index is 599. The summed E-state index contributed by atoms with van der Waals surface area (Å²) in [6, 6.07) is 8.75. The summed E-state index contributed by atoms with van der Waals surface area (Å²) in [5.41, 5.74) is 2.61. The van der Waals surface area contributed by atoms with Gasteiger partial charge in [-0.3, -0.25) is 9.89 Å². The van der Waals surface area contributed by atoms with Crippen molar-refractivity contribution in [3.8, 4) is 0 Å². The van der Waals surface area contributed by atoms with Crippen molar-refractivity contribution in [3.05, 3.63) is 35.4 Å². The third-order valence-electron chi connectivity index (χ3n) is 5.04. The van der Waals surface area contributed by atoms with Crippen LogP contribution in [0.5, 0.6) is 0 Å². The van der Waals surface area contributed by atoms with Gasteiger partial charge in [0, 0.05) is 53.0 Å². The van der Waals surface area contributed by atoms with Crippen LogP contribution in [0.1, 0.15) is 24.0 Å². The minimum atomic E-state index is 0.280. The number of guanidine groups is 1. The van der Waals surface area contributed by atoms with Gasteiger partial charge in [-0.1, -0.05) is 24.3 Å². The molecule has 0 aliphatic carbocycles. The molecule has 2 aliphatic rings. The molecule has 3 rings (SSSR count). The van der Waals surface area contributed by atoms with Gasteiger partial charge < -0.3 is 24.8 Å². The fourth-order valence-electron chi connectivity index (χ4n) is 3.44. The van der Waals surface area contributed by atoms with Crippen LogP contribution in [-0.4, -0.2) is 76.7 Å². The second-order valence-electron chi connectivity index (χ2n) is 7.27. The molecular weight excluding hydrogens is 356 g/mol. The lowest BCUT2D eigenvalue weighted by Gasteiger charge is -2.26. The molecule has 0 aromatic heterocycles. The summed E-state index contributed by atoms with van der Waals surface area (Å²) in [5, 5.41) is 6.74. The Kier molecular flexibility index (Phi) is 9.03. The van der Waals surface area contributed by atoms with Crippen LogP contribution in [0.2, 0.25) is 0 Å². The largest absolute Gasteiger partial charge is 0.379 e. The van der Waals surface area contributed by atoms with Crippen molar-refractivity contribution in [2.24, 2.45) is 4.99 Å². The van der Waals surface area contributed by atoms with Crippen LogP contribution in [-0.2, 0) is 27.3 Å². The van der Waals surface area contributed by atoms with Gasteiger partial charge in [-0.15, -0.1) is 0 Å². The van der Waals surface area contributed by atoms with Gasteiger partial charge >= 0.3 is 0 Å². The normalized spacial score (nSPS) is 21.0. The summed E-state index contributed by atoms with van der Waals surface area (Å²) in [6.07, 6.45) is 2.25. The van der Waals surface area contributed by atoms with E-state index in [9.17, 15) is 0 Å². The molecule has 28 heavy (non-hydrogen) atoms. The Morgan fingerprint density at radius 1 is 1.18 bits per heavy atom. The molecule has 7 heteroatoms. The minimum Gasteiger partial charge on any atom is -0.379 e. The van der Waals surface area contributed by atoms with Crippen LogP contribution in [0.25, 0.3) is 0 Å². The molecule has 0 bridgehead atoms. The van der Waals surface area contributed by atoms with Crippen molar-refractivity contribution >= 4 is 5.96 Å². The monoisotopic (exact) mass is 390 g/mol. The maximum atomic E-state index is 5.79. The van der Waals surface area contributed by atoms with Gasteiger partial charge in [0.2, 0.25) is 0 Å². The van der Waals surface area contributed by atoms with Crippen LogP contribution in [0, 0.1) is 0 Å². The fourth-order valence-corrected chi connectivity index (χ4v) is 3.44. The number of hydrogen-bond acceptors (Lipinski definition) is 5. The number of nitrogens with one attached hydrogen (secondary N) is 2. The summed E-state index contributed by atoms with van der Waals surface area (Å²) < 4.78 is 16.5. The van der Waals surface area contributed by atoms with E-state index in [1.807, 2.05) is 0 Å². The quantitative estimate of drug-likeness (QED) is 0.377. The molecular formula is C21H34N4O3. The molecule has 0 amide bonds. The van der Waals surface area contributed by atoms with Gasteiger partial charge in [0.15, 0.2) is 5.96 Å². The van der Waals surface area contributed by atoms with Crippen LogP contribution in [0.15, 0.2) is 29.3 Å². The van der Waals surface area contributed by atoms with E-state index in [2.05, 4.69) is 44.8 Å². The molecule has 0 radical (unpaired) electrons. The van der Waals surface area contributed by atoms with Crippen molar-refractivity contribution < 1.29 is 14.2 Å². The van der Waals surface area contributed by atoms with Crippen molar-refractivity contribution in [1.29, 1.82) is 0 Å². The van der Waals surface area contributed by atoms with Crippen LogP contribution >= 0.6 is 0 Å². The van der Waals surface area contributed by atoms with Crippen molar-refractivity contribution in [2.75, 3.05) is 59.7 Å². The summed E-state index contributed by atoms with van der Waals surface area (Å²) in [6.45, 7) is 8.58. The topological polar surface area (TPSA) is 67.4 Å². The number of rotatable bonds is 9. The summed E-state index contributed by atoms with van der Waals surface area (Å²) in [7, 11) is 1.80. The summed E-state index contributed by atoms with van der Waals surface area (Å²) in [5.74, 6) is 0.822. The van der Waals surface area contributed by atoms with E-state index in [1.54, 1.807) is 7.05 Å². The van der Waals surface area contributed by atoms with E-state index in [-0.39, 0.29) is 6.10 Å². The number of nitrogens with zero attached hydrogens (tertiary/aromatic N) is 2. The molecule has 0 spiro atoms. The Morgan fingerprint density at radius 3 is 2.82 bits per heavy atom. The Morgan fingerprint density at radius 2 is 2.04 bits per heavy atom. The lowest BCUT2D eigenvalue weighted by atomic mass is 10.1. The first kappa shape index (κ1) is 21.0. The highest BCUT2D eigenvalue weighted by Crippen LogP contribution is 2.10. The maximum absolute atomic E-state index is 5.79. The number of hydrogen-bond donors (Lipinski definition) is 2. The molecule has 7 nitrogen and oxygen atoms in total. The number of morpholine rings is 1. The molecule has 2 fully saturated rings. The van der Waals surface area contributed by atoms with E-state index >= 15 is 0 Å². The van der Waals surface area contributed by atoms with E-state index in [0.29, 0.717) is 0 Å². The average molecular weight is 391 g/mol.